The number of allylic oxidation sites excluding steroid dienone is 1. The molecule has 182 valence electrons. The Hall–Kier alpha value is -3.45. The smallest absolute Gasteiger partial charge is 0.223 e. The molecule has 0 saturated carbocycles. The molecule has 1 amide bonds. The summed E-state index contributed by atoms with van der Waals surface area (Å²) < 4.78 is 1.88. The zero-order chi connectivity index (χ0) is 24.4. The van der Waals surface area contributed by atoms with Gasteiger partial charge >= 0.3 is 0 Å². The van der Waals surface area contributed by atoms with E-state index in [4.69, 9.17) is 4.99 Å². The highest BCUT2D eigenvalue weighted by molar-refractivity contribution is 6.15. The molecular weight excluding hydrogens is 438 g/mol. The second-order valence-electron chi connectivity index (χ2n) is 9.88. The Morgan fingerprint density at radius 3 is 2.60 bits per heavy atom. The maximum atomic E-state index is 12.9. The van der Waals surface area contributed by atoms with Crippen molar-refractivity contribution < 1.29 is 9.90 Å². The van der Waals surface area contributed by atoms with E-state index < -0.39 is 5.60 Å². The molecule has 2 aliphatic rings. The van der Waals surface area contributed by atoms with Gasteiger partial charge < -0.3 is 14.9 Å². The van der Waals surface area contributed by atoms with Gasteiger partial charge in [0, 0.05) is 50.3 Å². The van der Waals surface area contributed by atoms with Crippen molar-refractivity contribution in [1.82, 2.24) is 19.6 Å². The summed E-state index contributed by atoms with van der Waals surface area (Å²) >= 11 is 0. The number of piperidine rings is 1. The van der Waals surface area contributed by atoms with Crippen LogP contribution in [0.4, 0.5) is 0 Å². The van der Waals surface area contributed by atoms with Gasteiger partial charge in [0.15, 0.2) is 0 Å². The molecule has 2 aliphatic heterocycles. The number of rotatable bonds is 6. The maximum Gasteiger partial charge on any atom is 0.223 e. The molecule has 5 rings (SSSR count). The van der Waals surface area contributed by atoms with Crippen LogP contribution >= 0.6 is 0 Å². The average molecular weight is 472 g/mol. The number of amides is 1. The third-order valence-corrected chi connectivity index (χ3v) is 7.30. The van der Waals surface area contributed by atoms with Gasteiger partial charge in [0.05, 0.1) is 23.0 Å². The highest BCUT2D eigenvalue weighted by Gasteiger charge is 2.35. The van der Waals surface area contributed by atoms with Gasteiger partial charge in [-0.25, -0.2) is 0 Å². The first-order valence-electron chi connectivity index (χ1n) is 12.3. The Morgan fingerprint density at radius 1 is 1.11 bits per heavy atom. The van der Waals surface area contributed by atoms with E-state index in [-0.39, 0.29) is 11.8 Å². The van der Waals surface area contributed by atoms with Crippen molar-refractivity contribution in [3.8, 4) is 0 Å². The standard InChI is InChI=1S/C28H33N5O2/c1-21(22-7-4-3-5-8-22)17-26(34)33-15-12-28(35,13-16-33)19-32-14-11-25(29-20-32)24-10-6-9-23-18-30-31(2)27(23)24/h3-11,14,18,21,35H,12-13,15-17,19-20H2,1-2H3/t21-/m1/s1. The van der Waals surface area contributed by atoms with Crippen molar-refractivity contribution in [2.75, 3.05) is 26.3 Å². The molecule has 3 aromatic rings. The third kappa shape index (κ3) is 5.00. The number of nitrogens with zero attached hydrogens (tertiary/aromatic N) is 5. The van der Waals surface area contributed by atoms with Crippen LogP contribution in [0.15, 0.2) is 72.0 Å². The summed E-state index contributed by atoms with van der Waals surface area (Å²) in [6, 6.07) is 16.3. The van der Waals surface area contributed by atoms with Gasteiger partial charge in [-0.15, -0.1) is 0 Å². The molecule has 35 heavy (non-hydrogen) atoms. The van der Waals surface area contributed by atoms with Crippen LogP contribution < -0.4 is 0 Å². The number of aromatic nitrogens is 2. The molecule has 0 unspecified atom stereocenters. The summed E-state index contributed by atoms with van der Waals surface area (Å²) in [5, 5.41) is 16.7. The Bertz CT molecular complexity index is 1250. The Labute approximate surface area is 206 Å². The van der Waals surface area contributed by atoms with Crippen LogP contribution in [0.3, 0.4) is 0 Å². The molecule has 1 fully saturated rings. The molecule has 0 aliphatic carbocycles. The van der Waals surface area contributed by atoms with Gasteiger partial charge in [-0.05, 0) is 30.4 Å². The fourth-order valence-corrected chi connectivity index (χ4v) is 5.16. The quantitative estimate of drug-likeness (QED) is 0.595. The minimum atomic E-state index is -0.818. The summed E-state index contributed by atoms with van der Waals surface area (Å²) in [5.41, 5.74) is 3.43. The number of hydrogen-bond acceptors (Lipinski definition) is 5. The first-order valence-corrected chi connectivity index (χ1v) is 12.3. The number of hydrogen-bond donors (Lipinski definition) is 1. The van der Waals surface area contributed by atoms with Crippen LogP contribution in [0, 0.1) is 0 Å². The minimum absolute atomic E-state index is 0.167. The predicted molar refractivity (Wildman–Crippen MR) is 138 cm³/mol. The largest absolute Gasteiger partial charge is 0.388 e. The molecule has 7 heteroatoms. The lowest BCUT2D eigenvalue weighted by atomic mass is 9.90. The van der Waals surface area contributed by atoms with Gasteiger partial charge in [0.2, 0.25) is 5.91 Å². The van der Waals surface area contributed by atoms with E-state index in [1.807, 2.05) is 59.4 Å². The van der Waals surface area contributed by atoms with Gasteiger partial charge in [-0.3, -0.25) is 14.5 Å². The first kappa shape index (κ1) is 23.3. The average Bonchev–Trinajstić information content (AvgIpc) is 3.26. The molecule has 1 N–H and O–H groups in total. The lowest BCUT2D eigenvalue weighted by Gasteiger charge is -2.41. The number of likely N-dealkylation sites (tertiary alicyclic amines) is 1. The SMILES string of the molecule is C[C@H](CC(=O)N1CCC(O)(CN2C=CC(c3cccc4cnn(C)c34)=NC2)CC1)c1ccccc1. The minimum Gasteiger partial charge on any atom is -0.388 e. The summed E-state index contributed by atoms with van der Waals surface area (Å²) in [6.07, 6.45) is 7.56. The molecule has 1 atom stereocenters. The van der Waals surface area contributed by atoms with Crippen LogP contribution in [0.25, 0.3) is 10.9 Å². The molecule has 0 bridgehead atoms. The highest BCUT2D eigenvalue weighted by Crippen LogP contribution is 2.27. The van der Waals surface area contributed by atoms with Crippen molar-refractivity contribution in [2.24, 2.45) is 12.0 Å². The summed E-state index contributed by atoms with van der Waals surface area (Å²) in [4.78, 5) is 21.6. The summed E-state index contributed by atoms with van der Waals surface area (Å²) in [6.45, 7) is 4.29. The third-order valence-electron chi connectivity index (χ3n) is 7.30. The van der Waals surface area contributed by atoms with Crippen molar-refractivity contribution in [2.45, 2.75) is 37.7 Å². The Balaban J connectivity index is 1.15. The lowest BCUT2D eigenvalue weighted by Crippen LogP contribution is -2.51. The molecule has 3 heterocycles. The number of β-amino-alcohol motifs (C(OH)–C–C–N with tert-alkyl or cyclic N) is 1. The summed E-state index contributed by atoms with van der Waals surface area (Å²) in [7, 11) is 1.94. The van der Waals surface area contributed by atoms with E-state index in [2.05, 4.69) is 41.2 Å². The monoisotopic (exact) mass is 471 g/mol. The van der Waals surface area contributed by atoms with Crippen molar-refractivity contribution in [3.05, 3.63) is 78.1 Å². The van der Waals surface area contributed by atoms with Gasteiger partial charge in [-0.2, -0.15) is 5.10 Å². The number of benzene rings is 2. The molecule has 1 saturated heterocycles. The molecule has 1 aromatic heterocycles. The van der Waals surface area contributed by atoms with E-state index in [1.165, 1.54) is 5.56 Å². The van der Waals surface area contributed by atoms with Gasteiger partial charge in [0.1, 0.15) is 6.67 Å². The topological polar surface area (TPSA) is 74.0 Å². The summed E-state index contributed by atoms with van der Waals surface area (Å²) in [5.74, 6) is 0.354. The number of para-hydroxylation sites is 1. The number of fused-ring (bicyclic) bond motifs is 1. The van der Waals surface area contributed by atoms with Crippen molar-refractivity contribution in [3.63, 3.8) is 0 Å². The van der Waals surface area contributed by atoms with Crippen LogP contribution in [0.5, 0.6) is 0 Å². The molecule has 7 nitrogen and oxygen atoms in total. The van der Waals surface area contributed by atoms with Gasteiger partial charge in [0.25, 0.3) is 0 Å². The van der Waals surface area contributed by atoms with Crippen LogP contribution in [0.2, 0.25) is 0 Å². The second-order valence-corrected chi connectivity index (χ2v) is 9.88. The predicted octanol–water partition coefficient (Wildman–Crippen LogP) is 3.70. The fourth-order valence-electron chi connectivity index (χ4n) is 5.16. The highest BCUT2D eigenvalue weighted by atomic mass is 16.3. The fraction of sp³-hybridized carbons (Fsp3) is 0.393. The number of aryl methyl sites for hydroxylation is 1. The van der Waals surface area contributed by atoms with Crippen LogP contribution in [-0.2, 0) is 11.8 Å². The Morgan fingerprint density at radius 2 is 1.89 bits per heavy atom. The first-order chi connectivity index (χ1) is 16.9. The Kier molecular flexibility index (Phi) is 6.43. The van der Waals surface area contributed by atoms with E-state index in [9.17, 15) is 9.90 Å². The zero-order valence-corrected chi connectivity index (χ0v) is 20.5. The van der Waals surface area contributed by atoms with Gasteiger partial charge in [-0.1, -0.05) is 55.5 Å². The van der Waals surface area contributed by atoms with Crippen molar-refractivity contribution in [1.29, 1.82) is 0 Å². The van der Waals surface area contributed by atoms with E-state index in [1.54, 1.807) is 0 Å². The second kappa shape index (κ2) is 9.66. The van der Waals surface area contributed by atoms with E-state index in [0.717, 1.165) is 22.2 Å². The van der Waals surface area contributed by atoms with E-state index >= 15 is 0 Å². The molecule has 2 aromatic carbocycles. The van der Waals surface area contributed by atoms with Crippen LogP contribution in [-0.4, -0.2) is 68.2 Å². The molecular formula is C28H33N5O2. The zero-order valence-electron chi connectivity index (χ0n) is 20.5. The normalized spacial score (nSPS) is 18.5. The maximum absolute atomic E-state index is 12.9. The van der Waals surface area contributed by atoms with Crippen LogP contribution in [0.1, 0.15) is 43.2 Å². The molecule has 0 spiro atoms. The lowest BCUT2D eigenvalue weighted by molar-refractivity contribution is -0.136. The number of aliphatic hydroxyl groups is 1. The molecule has 0 radical (unpaired) electrons. The number of aliphatic imine (C=N–C) groups is 1. The number of carbonyl (C=O) groups excluding carboxylic acids is 1. The van der Waals surface area contributed by atoms with Crippen molar-refractivity contribution >= 4 is 22.5 Å². The number of carbonyl (C=O) groups is 1. The van der Waals surface area contributed by atoms with E-state index in [0.29, 0.717) is 45.6 Å².